The molecule has 2 aliphatic rings. The zero-order valence-electron chi connectivity index (χ0n) is 18.4. The van der Waals surface area contributed by atoms with Crippen molar-refractivity contribution in [3.8, 4) is 5.75 Å². The van der Waals surface area contributed by atoms with Gasteiger partial charge in [0.1, 0.15) is 11.4 Å². The molecule has 2 heterocycles. The van der Waals surface area contributed by atoms with Gasteiger partial charge in [0.25, 0.3) is 11.8 Å². The molecular weight excluding hydrogens is 390 g/mol. The fraction of sp³-hybridized carbons (Fsp3) is 0.360. The van der Waals surface area contributed by atoms with Crippen molar-refractivity contribution in [2.45, 2.75) is 20.8 Å². The van der Waals surface area contributed by atoms with Crippen LogP contribution in [0.2, 0.25) is 0 Å². The third kappa shape index (κ3) is 4.08. The highest BCUT2D eigenvalue weighted by Gasteiger charge is 2.43. The van der Waals surface area contributed by atoms with Crippen LogP contribution in [0.15, 0.2) is 54.2 Å². The van der Waals surface area contributed by atoms with Crippen LogP contribution in [0.3, 0.4) is 0 Å². The molecule has 162 valence electrons. The second-order valence-corrected chi connectivity index (χ2v) is 7.89. The van der Waals surface area contributed by atoms with Crippen molar-refractivity contribution in [2.75, 3.05) is 44.2 Å². The minimum Gasteiger partial charge on any atom is -0.494 e. The highest BCUT2D eigenvalue weighted by molar-refractivity contribution is 6.45. The molecule has 2 aromatic rings. The van der Waals surface area contributed by atoms with Crippen molar-refractivity contribution in [1.29, 1.82) is 0 Å². The Bertz CT molecular complexity index is 1000. The molecule has 1 saturated heterocycles. The zero-order valence-corrected chi connectivity index (χ0v) is 18.4. The molecule has 31 heavy (non-hydrogen) atoms. The van der Waals surface area contributed by atoms with Crippen LogP contribution in [0.25, 0.3) is 5.57 Å². The molecule has 0 spiro atoms. The molecule has 0 atom stereocenters. The maximum atomic E-state index is 13.6. The molecule has 2 aromatic carbocycles. The Labute approximate surface area is 183 Å². The van der Waals surface area contributed by atoms with Gasteiger partial charge in [-0.1, -0.05) is 31.2 Å². The minimum atomic E-state index is -0.271. The lowest BCUT2D eigenvalue weighted by molar-refractivity contribution is -0.120. The number of carbonyl (C=O) groups is 2. The quantitative estimate of drug-likeness (QED) is 0.673. The zero-order chi connectivity index (χ0) is 22.0. The third-order valence-corrected chi connectivity index (χ3v) is 5.91. The standard InChI is InChI=1S/C25H29N3O3/c1-4-26-13-15-27(16-14-26)23-22(19-9-11-21(12-10-19)31-5-2)24(29)28(25(23)30)20-8-6-7-18(3)17-20/h6-12,17H,4-5,13-16H2,1-3H3. The Morgan fingerprint density at radius 2 is 1.61 bits per heavy atom. The van der Waals surface area contributed by atoms with E-state index in [1.807, 2.05) is 62.4 Å². The Kier molecular flexibility index (Phi) is 6.09. The van der Waals surface area contributed by atoms with Crippen LogP contribution in [0, 0.1) is 6.92 Å². The first-order chi connectivity index (χ1) is 15.0. The predicted molar refractivity (Wildman–Crippen MR) is 122 cm³/mol. The molecule has 6 heteroatoms. The number of piperazine rings is 1. The van der Waals surface area contributed by atoms with Gasteiger partial charge in [0.2, 0.25) is 0 Å². The number of anilines is 1. The third-order valence-electron chi connectivity index (χ3n) is 5.91. The van der Waals surface area contributed by atoms with E-state index >= 15 is 0 Å². The maximum absolute atomic E-state index is 13.6. The second-order valence-electron chi connectivity index (χ2n) is 7.89. The highest BCUT2D eigenvalue weighted by Crippen LogP contribution is 2.36. The van der Waals surface area contributed by atoms with Crippen LogP contribution in [0.1, 0.15) is 25.0 Å². The van der Waals surface area contributed by atoms with E-state index in [9.17, 15) is 9.59 Å². The average Bonchev–Trinajstić information content (AvgIpc) is 3.04. The first kappa shape index (κ1) is 21.1. The maximum Gasteiger partial charge on any atom is 0.282 e. The molecular formula is C25H29N3O3. The first-order valence-corrected chi connectivity index (χ1v) is 10.9. The number of imide groups is 1. The van der Waals surface area contributed by atoms with Gasteiger partial charge in [-0.2, -0.15) is 0 Å². The fourth-order valence-corrected chi connectivity index (χ4v) is 4.25. The van der Waals surface area contributed by atoms with Gasteiger partial charge in [-0.25, -0.2) is 4.90 Å². The molecule has 2 aliphatic heterocycles. The molecule has 1 fully saturated rings. The van der Waals surface area contributed by atoms with E-state index in [1.54, 1.807) is 0 Å². The smallest absolute Gasteiger partial charge is 0.282 e. The molecule has 0 aliphatic carbocycles. The number of hydrogen-bond acceptors (Lipinski definition) is 5. The summed E-state index contributed by atoms with van der Waals surface area (Å²) < 4.78 is 5.55. The fourth-order valence-electron chi connectivity index (χ4n) is 4.25. The molecule has 0 saturated carbocycles. The van der Waals surface area contributed by atoms with E-state index in [0.717, 1.165) is 49.6 Å². The van der Waals surface area contributed by atoms with Gasteiger partial charge in [0.15, 0.2) is 0 Å². The largest absolute Gasteiger partial charge is 0.494 e. The summed E-state index contributed by atoms with van der Waals surface area (Å²) in [7, 11) is 0. The van der Waals surface area contributed by atoms with E-state index < -0.39 is 0 Å². The summed E-state index contributed by atoms with van der Waals surface area (Å²) in [4.78, 5) is 32.9. The van der Waals surface area contributed by atoms with E-state index in [1.165, 1.54) is 4.90 Å². The molecule has 0 radical (unpaired) electrons. The number of ether oxygens (including phenoxy) is 1. The molecule has 4 rings (SSSR count). The molecule has 0 unspecified atom stereocenters. The lowest BCUT2D eigenvalue weighted by Gasteiger charge is -2.36. The van der Waals surface area contributed by atoms with Gasteiger partial charge < -0.3 is 14.5 Å². The Morgan fingerprint density at radius 3 is 2.23 bits per heavy atom. The number of rotatable bonds is 6. The summed E-state index contributed by atoms with van der Waals surface area (Å²) in [5.74, 6) is 0.231. The van der Waals surface area contributed by atoms with Crippen LogP contribution in [0.5, 0.6) is 5.75 Å². The summed E-state index contributed by atoms with van der Waals surface area (Å²) in [6.45, 7) is 10.8. The first-order valence-electron chi connectivity index (χ1n) is 10.9. The topological polar surface area (TPSA) is 53.1 Å². The monoisotopic (exact) mass is 419 g/mol. The number of likely N-dealkylation sites (N-methyl/N-ethyl adjacent to an activating group) is 1. The van der Waals surface area contributed by atoms with Gasteiger partial charge in [0.05, 0.1) is 17.9 Å². The summed E-state index contributed by atoms with van der Waals surface area (Å²) >= 11 is 0. The molecule has 0 N–H and O–H groups in total. The lowest BCUT2D eigenvalue weighted by Crippen LogP contribution is -2.47. The van der Waals surface area contributed by atoms with Crippen molar-refractivity contribution < 1.29 is 14.3 Å². The van der Waals surface area contributed by atoms with Crippen LogP contribution < -0.4 is 9.64 Å². The van der Waals surface area contributed by atoms with Gasteiger partial charge >= 0.3 is 0 Å². The van der Waals surface area contributed by atoms with E-state index in [0.29, 0.717) is 23.6 Å². The van der Waals surface area contributed by atoms with Crippen molar-refractivity contribution in [3.05, 3.63) is 65.4 Å². The lowest BCUT2D eigenvalue weighted by atomic mass is 10.0. The van der Waals surface area contributed by atoms with Crippen LogP contribution in [-0.4, -0.2) is 60.9 Å². The molecule has 6 nitrogen and oxygen atoms in total. The van der Waals surface area contributed by atoms with Gasteiger partial charge in [0, 0.05) is 26.2 Å². The SMILES string of the molecule is CCOc1ccc(C2=C(N3CCN(CC)CC3)C(=O)N(c3cccc(C)c3)C2=O)cc1. The number of amides is 2. The summed E-state index contributed by atoms with van der Waals surface area (Å²) in [6, 6.07) is 15.0. The molecule has 0 aromatic heterocycles. The van der Waals surface area contributed by atoms with Gasteiger partial charge in [-0.3, -0.25) is 9.59 Å². The number of aryl methyl sites for hydroxylation is 1. The summed E-state index contributed by atoms with van der Waals surface area (Å²) in [5.41, 5.74) is 3.34. The average molecular weight is 420 g/mol. The second kappa shape index (κ2) is 8.94. The van der Waals surface area contributed by atoms with Crippen molar-refractivity contribution >= 4 is 23.1 Å². The number of nitrogens with zero attached hydrogens (tertiary/aromatic N) is 3. The number of carbonyl (C=O) groups excluding carboxylic acids is 2. The van der Waals surface area contributed by atoms with E-state index in [2.05, 4.69) is 16.7 Å². The molecule has 0 bridgehead atoms. The Balaban J connectivity index is 1.75. The number of benzene rings is 2. The van der Waals surface area contributed by atoms with Crippen molar-refractivity contribution in [2.24, 2.45) is 0 Å². The predicted octanol–water partition coefficient (Wildman–Crippen LogP) is 3.32. The van der Waals surface area contributed by atoms with Gasteiger partial charge in [-0.05, 0) is 55.8 Å². The highest BCUT2D eigenvalue weighted by atomic mass is 16.5. The van der Waals surface area contributed by atoms with Crippen LogP contribution in [-0.2, 0) is 9.59 Å². The number of hydrogen-bond donors (Lipinski definition) is 0. The van der Waals surface area contributed by atoms with Crippen LogP contribution in [0.4, 0.5) is 5.69 Å². The van der Waals surface area contributed by atoms with Crippen LogP contribution >= 0.6 is 0 Å². The van der Waals surface area contributed by atoms with Crippen molar-refractivity contribution in [3.63, 3.8) is 0 Å². The minimum absolute atomic E-state index is 0.246. The van der Waals surface area contributed by atoms with E-state index in [4.69, 9.17) is 4.74 Å². The van der Waals surface area contributed by atoms with Crippen molar-refractivity contribution in [1.82, 2.24) is 9.80 Å². The van der Waals surface area contributed by atoms with E-state index in [-0.39, 0.29) is 11.8 Å². The Morgan fingerprint density at radius 1 is 0.903 bits per heavy atom. The summed E-state index contributed by atoms with van der Waals surface area (Å²) in [6.07, 6.45) is 0. The normalized spacial score (nSPS) is 17.6. The van der Waals surface area contributed by atoms with Gasteiger partial charge in [-0.15, -0.1) is 0 Å². The molecule has 2 amide bonds. The summed E-state index contributed by atoms with van der Waals surface area (Å²) in [5, 5.41) is 0. The Hall–Kier alpha value is -3.12.